The van der Waals surface area contributed by atoms with E-state index < -0.39 is 9.85 Å². The van der Waals surface area contributed by atoms with Gasteiger partial charge in [-0.2, -0.15) is 25.7 Å². The zero-order valence-electron chi connectivity index (χ0n) is 26.6. The summed E-state index contributed by atoms with van der Waals surface area (Å²) in [6.07, 6.45) is 2.82. The van der Waals surface area contributed by atoms with Crippen molar-refractivity contribution >= 4 is 45.5 Å². The number of anilines is 2. The molecule has 0 saturated heterocycles. The predicted molar refractivity (Wildman–Crippen MR) is 184 cm³/mol. The topological polar surface area (TPSA) is 166 Å². The Balaban J connectivity index is 0.000000256. The van der Waals surface area contributed by atoms with Crippen LogP contribution in [0.4, 0.5) is 45.5 Å². The standard InChI is InChI=1S/C17H17N5O2.C17H20N4O2/c1-2-21(13-3-12-18)16-8-4-14(5-9-16)19-20-15-6-10-17(11-7-15)22(23)24;1-3-4-13-20(2)16-9-5-14(6-10-16)18-19-15-7-11-17(12-8-15)21(22)23/h4-11H,2-3,13H2,1H3;5-12H,3-4,13H2,1-2H3. The molecule has 0 amide bonds. The van der Waals surface area contributed by atoms with E-state index in [1.807, 2.05) is 55.5 Å². The molecular formula is C34H37N9O4. The molecule has 0 aromatic heterocycles. The van der Waals surface area contributed by atoms with Crippen LogP contribution in [0.1, 0.15) is 33.1 Å². The van der Waals surface area contributed by atoms with Crippen LogP contribution in [0.5, 0.6) is 0 Å². The monoisotopic (exact) mass is 635 g/mol. The van der Waals surface area contributed by atoms with Crippen molar-refractivity contribution in [2.75, 3.05) is 36.5 Å². The van der Waals surface area contributed by atoms with Crippen molar-refractivity contribution in [1.82, 2.24) is 0 Å². The van der Waals surface area contributed by atoms with Crippen LogP contribution in [-0.4, -0.2) is 36.5 Å². The summed E-state index contributed by atoms with van der Waals surface area (Å²) in [4.78, 5) is 24.6. The quantitative estimate of drug-likeness (QED) is 0.0754. The number of rotatable bonds is 14. The molecule has 0 aliphatic heterocycles. The summed E-state index contributed by atoms with van der Waals surface area (Å²) in [5.74, 6) is 0. The fraction of sp³-hybridized carbons (Fsp3) is 0.265. The number of nitro benzene ring substituents is 2. The van der Waals surface area contributed by atoms with E-state index in [2.05, 4.69) is 50.3 Å². The molecule has 0 saturated carbocycles. The SMILES string of the molecule is CCCCN(C)c1ccc(N=Nc2ccc([N+](=O)[O-])cc2)cc1.CCN(CCC#N)c1ccc(N=Nc2ccc([N+](=O)[O-])cc2)cc1. The van der Waals surface area contributed by atoms with Gasteiger partial charge in [0.05, 0.1) is 45.1 Å². The number of hydrogen-bond acceptors (Lipinski definition) is 11. The molecule has 13 nitrogen and oxygen atoms in total. The number of benzene rings is 4. The molecule has 0 aliphatic rings. The molecule has 0 N–H and O–H groups in total. The third-order valence-electron chi connectivity index (χ3n) is 6.91. The highest BCUT2D eigenvalue weighted by Crippen LogP contribution is 2.25. The Labute approximate surface area is 273 Å². The molecule has 47 heavy (non-hydrogen) atoms. The van der Waals surface area contributed by atoms with Crippen molar-refractivity contribution in [3.05, 3.63) is 117 Å². The van der Waals surface area contributed by atoms with E-state index in [4.69, 9.17) is 5.26 Å². The fourth-order valence-corrected chi connectivity index (χ4v) is 4.20. The second kappa shape index (κ2) is 18.7. The molecule has 13 heteroatoms. The first-order valence-corrected chi connectivity index (χ1v) is 15.1. The van der Waals surface area contributed by atoms with Gasteiger partial charge in [0.15, 0.2) is 0 Å². The van der Waals surface area contributed by atoms with E-state index >= 15 is 0 Å². The Morgan fingerprint density at radius 2 is 1.02 bits per heavy atom. The molecule has 0 heterocycles. The van der Waals surface area contributed by atoms with Gasteiger partial charge in [0.1, 0.15) is 0 Å². The van der Waals surface area contributed by atoms with E-state index in [9.17, 15) is 20.2 Å². The Bertz CT molecular complexity index is 1670. The van der Waals surface area contributed by atoms with Gasteiger partial charge in [0.2, 0.25) is 0 Å². The van der Waals surface area contributed by atoms with Gasteiger partial charge in [-0.1, -0.05) is 13.3 Å². The normalized spacial score (nSPS) is 10.7. The lowest BCUT2D eigenvalue weighted by molar-refractivity contribution is -0.385. The van der Waals surface area contributed by atoms with Crippen LogP contribution in [0.3, 0.4) is 0 Å². The van der Waals surface area contributed by atoms with Crippen molar-refractivity contribution in [2.45, 2.75) is 33.1 Å². The Kier molecular flexibility index (Phi) is 14.1. The Morgan fingerprint density at radius 3 is 1.36 bits per heavy atom. The first-order chi connectivity index (χ1) is 22.7. The zero-order valence-corrected chi connectivity index (χ0v) is 26.6. The van der Waals surface area contributed by atoms with Crippen LogP contribution < -0.4 is 9.80 Å². The maximum absolute atomic E-state index is 10.6. The summed E-state index contributed by atoms with van der Waals surface area (Å²) in [6.45, 7) is 6.76. The summed E-state index contributed by atoms with van der Waals surface area (Å²) in [5, 5.41) is 46.3. The van der Waals surface area contributed by atoms with Crippen LogP contribution in [0, 0.1) is 31.6 Å². The molecule has 242 valence electrons. The van der Waals surface area contributed by atoms with Crippen molar-refractivity contribution in [3.63, 3.8) is 0 Å². The summed E-state index contributed by atoms with van der Waals surface area (Å²) in [7, 11) is 2.07. The summed E-state index contributed by atoms with van der Waals surface area (Å²) in [6, 6.07) is 29.4. The lowest BCUT2D eigenvalue weighted by Crippen LogP contribution is -2.23. The Morgan fingerprint density at radius 1 is 0.638 bits per heavy atom. The average Bonchev–Trinajstić information content (AvgIpc) is 3.10. The molecule has 0 unspecified atom stereocenters. The van der Waals surface area contributed by atoms with Crippen LogP contribution >= 0.6 is 0 Å². The van der Waals surface area contributed by atoms with Gasteiger partial charge in [0.25, 0.3) is 11.4 Å². The number of hydrogen-bond donors (Lipinski definition) is 0. The van der Waals surface area contributed by atoms with Gasteiger partial charge in [-0.15, -0.1) is 0 Å². The van der Waals surface area contributed by atoms with Gasteiger partial charge >= 0.3 is 0 Å². The summed E-state index contributed by atoms with van der Waals surface area (Å²) < 4.78 is 0. The van der Waals surface area contributed by atoms with E-state index in [-0.39, 0.29) is 11.4 Å². The second-order valence-corrected chi connectivity index (χ2v) is 10.2. The van der Waals surface area contributed by atoms with Crippen LogP contribution in [0.25, 0.3) is 0 Å². The smallest absolute Gasteiger partial charge is 0.269 e. The fourth-order valence-electron chi connectivity index (χ4n) is 4.20. The summed E-state index contributed by atoms with van der Waals surface area (Å²) in [5.41, 5.74) is 4.81. The lowest BCUT2D eigenvalue weighted by atomic mass is 10.2. The molecule has 0 aliphatic carbocycles. The van der Waals surface area contributed by atoms with Gasteiger partial charge in [-0.25, -0.2) is 0 Å². The molecule has 4 aromatic rings. The van der Waals surface area contributed by atoms with Crippen LogP contribution in [0.2, 0.25) is 0 Å². The lowest BCUT2D eigenvalue weighted by Gasteiger charge is -2.21. The third-order valence-corrected chi connectivity index (χ3v) is 6.91. The predicted octanol–water partition coefficient (Wildman–Crippen LogP) is 10.00. The second-order valence-electron chi connectivity index (χ2n) is 10.2. The van der Waals surface area contributed by atoms with Crippen molar-refractivity contribution < 1.29 is 9.85 Å². The molecule has 0 radical (unpaired) electrons. The van der Waals surface area contributed by atoms with E-state index in [1.165, 1.54) is 30.7 Å². The first-order valence-electron chi connectivity index (χ1n) is 15.1. The van der Waals surface area contributed by atoms with E-state index in [0.717, 1.165) is 36.6 Å². The number of non-ortho nitro benzene ring substituents is 2. The molecule has 0 fully saturated rings. The number of nitro groups is 2. The minimum absolute atomic E-state index is 0.0235. The number of nitriles is 1. The largest absolute Gasteiger partial charge is 0.375 e. The third kappa shape index (κ3) is 11.8. The molecule has 0 spiro atoms. The maximum Gasteiger partial charge on any atom is 0.269 e. The minimum Gasteiger partial charge on any atom is -0.375 e. The highest BCUT2D eigenvalue weighted by Gasteiger charge is 2.06. The maximum atomic E-state index is 10.6. The highest BCUT2D eigenvalue weighted by atomic mass is 16.6. The van der Waals surface area contributed by atoms with Crippen LogP contribution in [-0.2, 0) is 0 Å². The molecular weight excluding hydrogens is 598 g/mol. The molecule has 4 rings (SSSR count). The van der Waals surface area contributed by atoms with E-state index in [0.29, 0.717) is 30.0 Å². The molecule has 4 aromatic carbocycles. The summed E-state index contributed by atoms with van der Waals surface area (Å²) >= 11 is 0. The van der Waals surface area contributed by atoms with Gasteiger partial charge in [-0.3, -0.25) is 20.2 Å². The minimum atomic E-state index is -0.453. The number of azo groups is 2. The van der Waals surface area contributed by atoms with Crippen molar-refractivity contribution in [3.8, 4) is 6.07 Å². The number of unbranched alkanes of at least 4 members (excludes halogenated alkanes) is 1. The molecule has 0 bridgehead atoms. The van der Waals surface area contributed by atoms with Crippen molar-refractivity contribution in [1.29, 1.82) is 5.26 Å². The average molecular weight is 636 g/mol. The van der Waals surface area contributed by atoms with Gasteiger partial charge in [-0.05, 0) is 86.1 Å². The number of nitrogens with zero attached hydrogens (tertiary/aromatic N) is 9. The zero-order chi connectivity index (χ0) is 34.0. The van der Waals surface area contributed by atoms with Gasteiger partial charge < -0.3 is 9.80 Å². The van der Waals surface area contributed by atoms with Gasteiger partial charge in [0, 0.05) is 62.3 Å². The Hall–Kier alpha value is -6.03. The first kappa shape index (κ1) is 35.4. The van der Waals surface area contributed by atoms with Crippen LogP contribution in [0.15, 0.2) is 118 Å². The highest BCUT2D eigenvalue weighted by molar-refractivity contribution is 5.54. The van der Waals surface area contributed by atoms with Crippen molar-refractivity contribution in [2.24, 2.45) is 20.5 Å². The van der Waals surface area contributed by atoms with E-state index in [1.54, 1.807) is 24.3 Å². The molecule has 0 atom stereocenters.